The Balaban J connectivity index is 2.81. The maximum absolute atomic E-state index is 12.8. The number of aliphatic carboxylic acids is 1. The summed E-state index contributed by atoms with van der Waals surface area (Å²) in [5.41, 5.74) is -0.0984. The third kappa shape index (κ3) is 4.78. The zero-order chi connectivity index (χ0) is 14.5. The third-order valence-electron chi connectivity index (χ3n) is 2.32. The Kier molecular flexibility index (Phi) is 5.17. The van der Waals surface area contributed by atoms with E-state index in [2.05, 4.69) is 4.74 Å². The third-order valence-corrected chi connectivity index (χ3v) is 2.32. The Bertz CT molecular complexity index is 414. The van der Waals surface area contributed by atoms with Gasteiger partial charge in [-0.05, 0) is 17.7 Å². The minimum absolute atomic E-state index is 0.0984. The van der Waals surface area contributed by atoms with Crippen molar-refractivity contribution in [2.24, 2.45) is 0 Å². The van der Waals surface area contributed by atoms with Crippen LogP contribution in [0.3, 0.4) is 0 Å². The number of carboxylic acids is 1. The SMILES string of the molecule is COc1ccc(C(OCCC(=O)O)C(F)(F)F)cc1. The highest BCUT2D eigenvalue weighted by atomic mass is 19.4. The summed E-state index contributed by atoms with van der Waals surface area (Å²) in [5.74, 6) is -0.786. The number of alkyl halides is 3. The summed E-state index contributed by atoms with van der Waals surface area (Å²) in [6, 6.07) is 5.23. The van der Waals surface area contributed by atoms with Crippen LogP contribution >= 0.6 is 0 Å². The maximum atomic E-state index is 12.8. The number of carbonyl (C=O) groups is 1. The van der Waals surface area contributed by atoms with Crippen LogP contribution in [-0.4, -0.2) is 31.0 Å². The quantitative estimate of drug-likeness (QED) is 0.869. The van der Waals surface area contributed by atoms with E-state index in [4.69, 9.17) is 9.84 Å². The van der Waals surface area contributed by atoms with Crippen molar-refractivity contribution in [3.63, 3.8) is 0 Å². The van der Waals surface area contributed by atoms with E-state index >= 15 is 0 Å². The molecule has 0 saturated carbocycles. The van der Waals surface area contributed by atoms with Gasteiger partial charge in [-0.1, -0.05) is 12.1 Å². The average Bonchev–Trinajstić information content (AvgIpc) is 2.33. The lowest BCUT2D eigenvalue weighted by Gasteiger charge is -2.21. The van der Waals surface area contributed by atoms with Crippen LogP contribution in [0.5, 0.6) is 5.75 Å². The predicted molar refractivity (Wildman–Crippen MR) is 60.0 cm³/mol. The number of rotatable bonds is 6. The molecule has 0 aliphatic carbocycles. The van der Waals surface area contributed by atoms with Gasteiger partial charge in [-0.25, -0.2) is 0 Å². The van der Waals surface area contributed by atoms with Crippen LogP contribution in [0.15, 0.2) is 24.3 Å². The molecule has 0 aromatic heterocycles. The number of ether oxygens (including phenoxy) is 2. The molecule has 1 aromatic rings. The first-order valence-electron chi connectivity index (χ1n) is 5.38. The maximum Gasteiger partial charge on any atom is 0.418 e. The molecule has 0 radical (unpaired) electrons. The van der Waals surface area contributed by atoms with Gasteiger partial charge in [0.2, 0.25) is 0 Å². The second-order valence-corrected chi connectivity index (χ2v) is 3.71. The normalized spacial score (nSPS) is 13.1. The van der Waals surface area contributed by atoms with Crippen LogP contribution in [0.2, 0.25) is 0 Å². The van der Waals surface area contributed by atoms with E-state index in [9.17, 15) is 18.0 Å². The van der Waals surface area contributed by atoms with Gasteiger partial charge in [0.15, 0.2) is 6.10 Å². The Hall–Kier alpha value is -1.76. The largest absolute Gasteiger partial charge is 0.497 e. The number of hydrogen-bond donors (Lipinski definition) is 1. The highest BCUT2D eigenvalue weighted by molar-refractivity contribution is 5.66. The molecule has 1 N–H and O–H groups in total. The van der Waals surface area contributed by atoms with Gasteiger partial charge in [-0.3, -0.25) is 4.79 Å². The van der Waals surface area contributed by atoms with Crippen molar-refractivity contribution >= 4 is 5.97 Å². The lowest BCUT2D eigenvalue weighted by Crippen LogP contribution is -2.24. The zero-order valence-electron chi connectivity index (χ0n) is 10.1. The van der Waals surface area contributed by atoms with Crippen LogP contribution < -0.4 is 4.74 Å². The van der Waals surface area contributed by atoms with E-state index in [1.807, 2.05) is 0 Å². The molecule has 1 atom stereocenters. The first-order valence-corrected chi connectivity index (χ1v) is 5.38. The van der Waals surface area contributed by atoms with E-state index in [1.54, 1.807) is 0 Å². The molecule has 0 aliphatic rings. The van der Waals surface area contributed by atoms with Crippen molar-refractivity contribution in [2.75, 3.05) is 13.7 Å². The standard InChI is InChI=1S/C12H13F3O4/c1-18-9-4-2-8(3-5-9)11(12(13,14)15)19-7-6-10(16)17/h2-5,11H,6-7H2,1H3,(H,16,17). The van der Waals surface area contributed by atoms with E-state index in [0.717, 1.165) is 0 Å². The summed E-state index contributed by atoms with van der Waals surface area (Å²) in [7, 11) is 1.40. The highest BCUT2D eigenvalue weighted by Crippen LogP contribution is 2.36. The first-order chi connectivity index (χ1) is 8.84. The number of methoxy groups -OCH3 is 1. The van der Waals surface area contributed by atoms with Crippen molar-refractivity contribution in [3.05, 3.63) is 29.8 Å². The molecule has 1 unspecified atom stereocenters. The summed E-state index contributed by atoms with van der Waals surface area (Å²) >= 11 is 0. The topological polar surface area (TPSA) is 55.8 Å². The molecule has 1 rings (SSSR count). The van der Waals surface area contributed by atoms with Crippen LogP contribution in [0.25, 0.3) is 0 Å². The minimum Gasteiger partial charge on any atom is -0.497 e. The molecule has 1 aromatic carbocycles. The Morgan fingerprint density at radius 1 is 1.32 bits per heavy atom. The molecule has 0 spiro atoms. The van der Waals surface area contributed by atoms with Gasteiger partial charge >= 0.3 is 12.1 Å². The molecule has 0 aliphatic heterocycles. The van der Waals surface area contributed by atoms with E-state index in [0.29, 0.717) is 5.75 Å². The van der Waals surface area contributed by atoms with Crippen molar-refractivity contribution < 1.29 is 32.5 Å². The number of carboxylic acid groups (broad SMARTS) is 1. The molecular weight excluding hydrogens is 265 g/mol. The fourth-order valence-corrected chi connectivity index (χ4v) is 1.42. The van der Waals surface area contributed by atoms with Gasteiger partial charge in [0.25, 0.3) is 0 Å². The first kappa shape index (κ1) is 15.3. The Morgan fingerprint density at radius 3 is 2.32 bits per heavy atom. The van der Waals surface area contributed by atoms with Gasteiger partial charge in [-0.15, -0.1) is 0 Å². The number of benzene rings is 1. The molecule has 0 fully saturated rings. The van der Waals surface area contributed by atoms with E-state index in [-0.39, 0.29) is 5.56 Å². The van der Waals surface area contributed by atoms with E-state index < -0.39 is 31.3 Å². The minimum atomic E-state index is -4.60. The smallest absolute Gasteiger partial charge is 0.418 e. The summed E-state index contributed by atoms with van der Waals surface area (Å²) < 4.78 is 47.9. The summed E-state index contributed by atoms with van der Waals surface area (Å²) in [4.78, 5) is 10.3. The Labute approximate surface area is 107 Å². The molecule has 0 amide bonds. The molecule has 4 nitrogen and oxygen atoms in total. The van der Waals surface area contributed by atoms with E-state index in [1.165, 1.54) is 31.4 Å². The monoisotopic (exact) mass is 278 g/mol. The zero-order valence-corrected chi connectivity index (χ0v) is 10.1. The van der Waals surface area contributed by atoms with Crippen molar-refractivity contribution in [1.82, 2.24) is 0 Å². The van der Waals surface area contributed by atoms with Gasteiger partial charge in [0.1, 0.15) is 5.75 Å². The fraction of sp³-hybridized carbons (Fsp3) is 0.417. The van der Waals surface area contributed by atoms with Crippen molar-refractivity contribution in [1.29, 1.82) is 0 Å². The lowest BCUT2D eigenvalue weighted by atomic mass is 10.1. The van der Waals surface area contributed by atoms with Crippen LogP contribution in [0, 0.1) is 0 Å². The van der Waals surface area contributed by atoms with Gasteiger partial charge in [-0.2, -0.15) is 13.2 Å². The van der Waals surface area contributed by atoms with Crippen molar-refractivity contribution in [2.45, 2.75) is 18.7 Å². The second kappa shape index (κ2) is 6.42. The number of halogens is 3. The van der Waals surface area contributed by atoms with Crippen LogP contribution in [0.4, 0.5) is 13.2 Å². The molecule has 0 heterocycles. The summed E-state index contributed by atoms with van der Waals surface area (Å²) in [5, 5.41) is 8.39. The van der Waals surface area contributed by atoms with Crippen LogP contribution in [-0.2, 0) is 9.53 Å². The Morgan fingerprint density at radius 2 is 1.89 bits per heavy atom. The lowest BCUT2D eigenvalue weighted by molar-refractivity contribution is -0.224. The number of hydrogen-bond acceptors (Lipinski definition) is 3. The van der Waals surface area contributed by atoms with Crippen molar-refractivity contribution in [3.8, 4) is 5.75 Å². The molecule has 106 valence electrons. The molecule has 0 bridgehead atoms. The predicted octanol–water partition coefficient (Wildman–Crippen LogP) is 2.79. The van der Waals surface area contributed by atoms with Crippen LogP contribution in [0.1, 0.15) is 18.1 Å². The molecule has 7 heteroatoms. The average molecular weight is 278 g/mol. The summed E-state index contributed by atoms with van der Waals surface area (Å²) in [6.45, 7) is -0.508. The molecular formula is C12H13F3O4. The van der Waals surface area contributed by atoms with Gasteiger partial charge < -0.3 is 14.6 Å². The van der Waals surface area contributed by atoms with Gasteiger partial charge in [0.05, 0.1) is 20.1 Å². The van der Waals surface area contributed by atoms with Gasteiger partial charge in [0, 0.05) is 0 Å². The molecule has 19 heavy (non-hydrogen) atoms. The second-order valence-electron chi connectivity index (χ2n) is 3.71. The highest BCUT2D eigenvalue weighted by Gasteiger charge is 2.41. The molecule has 0 saturated heterocycles. The summed E-state index contributed by atoms with van der Waals surface area (Å²) in [6.07, 6.45) is -7.23. The fourth-order valence-electron chi connectivity index (χ4n) is 1.42.